The van der Waals surface area contributed by atoms with Crippen molar-refractivity contribution in [3.8, 4) is 0 Å². The standard InChI is InChI=1S/C2H6GeO/c1-3(2)4/h1-2H3. The van der Waals surface area contributed by atoms with Crippen molar-refractivity contribution in [3.63, 3.8) is 0 Å². The summed E-state index contributed by atoms with van der Waals surface area (Å²) in [6.07, 6.45) is 0. The Kier molecular flexibility index (Phi) is 1.78. The Bertz CT molecular complexity index is 29.0. The summed E-state index contributed by atoms with van der Waals surface area (Å²) < 4.78 is 9.69. The maximum absolute atomic E-state index is 9.69. The molecular weight excluding hydrogens is 113 g/mol. The number of rotatable bonds is 0. The third-order valence-electron chi connectivity index (χ3n) is 0. The van der Waals surface area contributed by atoms with E-state index in [0.29, 0.717) is 0 Å². The molecule has 0 aliphatic rings. The average molecular weight is 119 g/mol. The Morgan fingerprint density at radius 3 is 1.50 bits per heavy atom. The van der Waals surface area contributed by atoms with E-state index >= 15 is 0 Å². The van der Waals surface area contributed by atoms with E-state index in [9.17, 15) is 3.78 Å². The molecule has 0 heterocycles. The van der Waals surface area contributed by atoms with Gasteiger partial charge in [-0.05, 0) is 0 Å². The Morgan fingerprint density at radius 1 is 1.50 bits per heavy atom. The molecule has 0 aliphatic carbocycles. The van der Waals surface area contributed by atoms with E-state index in [0.717, 1.165) is 0 Å². The Hall–Kier alpha value is 0.343. The second-order valence-corrected chi connectivity index (χ2v) is 4.72. The summed E-state index contributed by atoms with van der Waals surface area (Å²) in [5, 5.41) is 0. The van der Waals surface area contributed by atoms with Gasteiger partial charge in [-0.2, -0.15) is 0 Å². The molecule has 0 radical (unpaired) electrons. The molecule has 0 aromatic heterocycles. The topological polar surface area (TPSA) is 17.1 Å². The van der Waals surface area contributed by atoms with Gasteiger partial charge < -0.3 is 0 Å². The average Bonchev–Trinajstić information content (AvgIpc) is 0.811. The molecule has 0 bridgehead atoms. The first-order valence-electron chi connectivity index (χ1n) is 1.20. The normalized spacial score (nSPS) is 6.50. The van der Waals surface area contributed by atoms with E-state index in [-0.39, 0.29) is 0 Å². The van der Waals surface area contributed by atoms with Crippen molar-refractivity contribution in [2.45, 2.75) is 11.5 Å². The number of hydrogen-bond acceptors (Lipinski definition) is 1. The summed E-state index contributed by atoms with van der Waals surface area (Å²) in [6.45, 7) is 0. The van der Waals surface area contributed by atoms with Crippen LogP contribution in [-0.4, -0.2) is 14.3 Å². The summed E-state index contributed by atoms with van der Waals surface area (Å²) in [5.41, 5.74) is 0. The van der Waals surface area contributed by atoms with Crippen LogP contribution in [0.15, 0.2) is 0 Å². The molecule has 0 aliphatic heterocycles. The third-order valence-corrected chi connectivity index (χ3v) is 0. The molecular formula is C2H6GeO. The van der Waals surface area contributed by atoms with Gasteiger partial charge in [0.05, 0.1) is 0 Å². The molecule has 0 unspecified atom stereocenters. The van der Waals surface area contributed by atoms with Crippen molar-refractivity contribution >= 4 is 14.3 Å². The van der Waals surface area contributed by atoms with E-state index in [4.69, 9.17) is 0 Å². The van der Waals surface area contributed by atoms with Gasteiger partial charge in [0.15, 0.2) is 0 Å². The van der Waals surface area contributed by atoms with E-state index in [1.54, 1.807) is 11.5 Å². The molecule has 0 atom stereocenters. The minimum atomic E-state index is -1.58. The molecule has 0 rings (SSSR count). The van der Waals surface area contributed by atoms with Crippen LogP contribution in [0.3, 0.4) is 0 Å². The molecule has 0 saturated heterocycles. The van der Waals surface area contributed by atoms with E-state index < -0.39 is 14.3 Å². The predicted octanol–water partition coefficient (Wildman–Crippen LogP) is 0.668. The van der Waals surface area contributed by atoms with Gasteiger partial charge in [0, 0.05) is 0 Å². The summed E-state index contributed by atoms with van der Waals surface area (Å²) in [6, 6.07) is 0. The van der Waals surface area contributed by atoms with Gasteiger partial charge in [0.2, 0.25) is 0 Å². The predicted molar refractivity (Wildman–Crippen MR) is 18.2 cm³/mol. The summed E-state index contributed by atoms with van der Waals surface area (Å²) in [5.74, 6) is 3.56. The maximum atomic E-state index is 9.69. The molecule has 0 amide bonds. The number of hydrogen-bond donors (Lipinski definition) is 0. The van der Waals surface area contributed by atoms with Gasteiger partial charge in [-0.15, -0.1) is 0 Å². The van der Waals surface area contributed by atoms with Crippen LogP contribution in [0.5, 0.6) is 0 Å². The van der Waals surface area contributed by atoms with E-state index in [1.165, 1.54) is 0 Å². The SMILES string of the molecule is [CH3][Ge]([CH3])=[O]. The summed E-state index contributed by atoms with van der Waals surface area (Å²) in [4.78, 5) is 0. The van der Waals surface area contributed by atoms with Crippen LogP contribution in [0, 0.1) is 0 Å². The molecule has 0 fully saturated rings. The fourth-order valence-electron chi connectivity index (χ4n) is 0. The Morgan fingerprint density at radius 2 is 1.50 bits per heavy atom. The van der Waals surface area contributed by atoms with E-state index in [2.05, 4.69) is 0 Å². The third kappa shape index (κ3) is 35.9. The molecule has 24 valence electrons. The molecule has 4 heavy (non-hydrogen) atoms. The molecule has 2 heteroatoms. The summed E-state index contributed by atoms with van der Waals surface area (Å²) in [7, 11) is 0. The summed E-state index contributed by atoms with van der Waals surface area (Å²) >= 11 is -1.58. The molecule has 0 aromatic rings. The van der Waals surface area contributed by atoms with Crippen LogP contribution in [0.2, 0.25) is 11.5 Å². The molecule has 1 nitrogen and oxygen atoms in total. The van der Waals surface area contributed by atoms with Crippen molar-refractivity contribution in [2.75, 3.05) is 0 Å². The monoisotopic (exact) mass is 120 g/mol. The first-order chi connectivity index (χ1) is 1.73. The Balaban J connectivity index is 2.80. The fraction of sp³-hybridized carbons (Fsp3) is 1.00. The minimum absolute atomic E-state index is 1.58. The first-order valence-corrected chi connectivity index (χ1v) is 6.26. The zero-order chi connectivity index (χ0) is 3.58. The quantitative estimate of drug-likeness (QED) is 0.428. The molecule has 0 spiro atoms. The van der Waals surface area contributed by atoms with Gasteiger partial charge in [0.1, 0.15) is 0 Å². The zero-order valence-corrected chi connectivity index (χ0v) is 5.01. The second kappa shape index (κ2) is 1.64. The van der Waals surface area contributed by atoms with Crippen LogP contribution >= 0.6 is 0 Å². The van der Waals surface area contributed by atoms with Crippen LogP contribution in [0.25, 0.3) is 0 Å². The van der Waals surface area contributed by atoms with Gasteiger partial charge in [0.25, 0.3) is 0 Å². The van der Waals surface area contributed by atoms with Gasteiger partial charge in [-0.3, -0.25) is 0 Å². The Labute approximate surface area is 30.3 Å². The molecule has 0 aromatic carbocycles. The van der Waals surface area contributed by atoms with Crippen molar-refractivity contribution in [1.29, 1.82) is 0 Å². The van der Waals surface area contributed by atoms with Crippen LogP contribution in [0.1, 0.15) is 0 Å². The van der Waals surface area contributed by atoms with Gasteiger partial charge >= 0.3 is 29.6 Å². The van der Waals surface area contributed by atoms with Crippen LogP contribution < -0.4 is 0 Å². The fourth-order valence-corrected chi connectivity index (χ4v) is 0. The molecule has 0 saturated carbocycles. The van der Waals surface area contributed by atoms with Crippen molar-refractivity contribution in [3.05, 3.63) is 0 Å². The van der Waals surface area contributed by atoms with Crippen molar-refractivity contribution < 1.29 is 3.78 Å². The zero-order valence-electron chi connectivity index (χ0n) is 2.91. The van der Waals surface area contributed by atoms with Gasteiger partial charge in [-0.25, -0.2) is 0 Å². The van der Waals surface area contributed by atoms with Gasteiger partial charge in [-0.1, -0.05) is 0 Å². The van der Waals surface area contributed by atoms with Crippen molar-refractivity contribution in [1.82, 2.24) is 0 Å². The van der Waals surface area contributed by atoms with Crippen LogP contribution in [0.4, 0.5) is 0 Å². The second-order valence-electron chi connectivity index (χ2n) is 0.908. The molecule has 0 N–H and O–H groups in total. The van der Waals surface area contributed by atoms with Crippen molar-refractivity contribution in [2.24, 2.45) is 0 Å². The first kappa shape index (κ1) is 4.34. The van der Waals surface area contributed by atoms with E-state index in [1.807, 2.05) is 0 Å². The van der Waals surface area contributed by atoms with Crippen LogP contribution in [-0.2, 0) is 3.78 Å².